The molecule has 120 valence electrons. The van der Waals surface area contributed by atoms with Crippen LogP contribution in [0.1, 0.15) is 49.1 Å². The zero-order chi connectivity index (χ0) is 16.8. The first-order valence-electron chi connectivity index (χ1n) is 8.69. The van der Waals surface area contributed by atoms with E-state index in [-0.39, 0.29) is 0 Å². The molecule has 0 N–H and O–H groups in total. The Bertz CT molecular complexity index is 757. The Hall–Kier alpha value is -2.59. The summed E-state index contributed by atoms with van der Waals surface area (Å²) >= 11 is 0. The largest absolute Gasteiger partial charge is 0.192 e. The molecule has 1 heteroatoms. The lowest BCUT2D eigenvalue weighted by atomic mass is 9.83. The summed E-state index contributed by atoms with van der Waals surface area (Å²) in [6.45, 7) is 3.81. The third kappa shape index (κ3) is 3.84. The third-order valence-corrected chi connectivity index (χ3v) is 4.90. The molecule has 0 fully saturated rings. The Morgan fingerprint density at radius 1 is 1.04 bits per heavy atom. The van der Waals surface area contributed by atoms with E-state index in [2.05, 4.69) is 43.0 Å². The smallest absolute Gasteiger partial charge is 0.0991 e. The number of nitriles is 1. The van der Waals surface area contributed by atoms with Gasteiger partial charge in [-0.1, -0.05) is 54.1 Å². The van der Waals surface area contributed by atoms with Crippen molar-refractivity contribution in [2.75, 3.05) is 0 Å². The van der Waals surface area contributed by atoms with Crippen molar-refractivity contribution < 1.29 is 0 Å². The molecule has 0 bridgehead atoms. The molecule has 1 aliphatic rings. The molecule has 3 rings (SSSR count). The molecule has 0 aliphatic heterocycles. The van der Waals surface area contributed by atoms with Crippen LogP contribution in [0.15, 0.2) is 72.8 Å². The molecule has 24 heavy (non-hydrogen) atoms. The van der Waals surface area contributed by atoms with Crippen LogP contribution in [0.4, 0.5) is 0 Å². The second-order valence-electron chi connectivity index (χ2n) is 6.47. The fourth-order valence-corrected chi connectivity index (χ4v) is 3.39. The van der Waals surface area contributed by atoms with Crippen molar-refractivity contribution >= 4 is 0 Å². The Morgan fingerprint density at radius 2 is 1.71 bits per heavy atom. The molecule has 0 spiro atoms. The van der Waals surface area contributed by atoms with E-state index >= 15 is 0 Å². The monoisotopic (exact) mass is 313 g/mol. The first kappa shape index (κ1) is 16.3. The van der Waals surface area contributed by atoms with Crippen molar-refractivity contribution in [1.29, 1.82) is 5.26 Å². The lowest BCUT2D eigenvalue weighted by molar-refractivity contribution is 0.586. The number of hydrogen-bond donors (Lipinski definition) is 0. The summed E-state index contributed by atoms with van der Waals surface area (Å²) in [6, 6.07) is 18.9. The van der Waals surface area contributed by atoms with E-state index in [4.69, 9.17) is 5.26 Å². The first-order chi connectivity index (χ1) is 11.8. The molecule has 0 aromatic heterocycles. The van der Waals surface area contributed by atoms with Crippen molar-refractivity contribution in [2.24, 2.45) is 0 Å². The van der Waals surface area contributed by atoms with Gasteiger partial charge in [0.25, 0.3) is 0 Å². The molecule has 1 atom stereocenters. The average molecular weight is 313 g/mol. The van der Waals surface area contributed by atoms with E-state index in [9.17, 15) is 0 Å². The van der Waals surface area contributed by atoms with Gasteiger partial charge in [0.2, 0.25) is 0 Å². The van der Waals surface area contributed by atoms with Crippen LogP contribution in [0.3, 0.4) is 0 Å². The van der Waals surface area contributed by atoms with Gasteiger partial charge in [-0.25, -0.2) is 0 Å². The van der Waals surface area contributed by atoms with Gasteiger partial charge in [-0.05, 0) is 66.8 Å². The van der Waals surface area contributed by atoms with Gasteiger partial charge < -0.3 is 0 Å². The molecule has 0 amide bonds. The maximum atomic E-state index is 8.89. The van der Waals surface area contributed by atoms with Crippen LogP contribution in [-0.4, -0.2) is 0 Å². The fraction of sp³-hybridized carbons (Fsp3) is 0.261. The Kier molecular flexibility index (Phi) is 5.29. The maximum Gasteiger partial charge on any atom is 0.0991 e. The van der Waals surface area contributed by atoms with E-state index in [0.717, 1.165) is 18.4 Å². The van der Waals surface area contributed by atoms with Gasteiger partial charge >= 0.3 is 0 Å². The minimum Gasteiger partial charge on any atom is -0.192 e. The van der Waals surface area contributed by atoms with Gasteiger partial charge in [0.15, 0.2) is 0 Å². The predicted molar refractivity (Wildman–Crippen MR) is 101 cm³/mol. The molecule has 1 nitrogen and oxygen atoms in total. The van der Waals surface area contributed by atoms with Gasteiger partial charge in [0.05, 0.1) is 11.6 Å². The van der Waals surface area contributed by atoms with E-state index in [1.165, 1.54) is 30.4 Å². The van der Waals surface area contributed by atoms with Crippen molar-refractivity contribution in [3.8, 4) is 17.2 Å². The van der Waals surface area contributed by atoms with Crippen molar-refractivity contribution in [3.63, 3.8) is 0 Å². The maximum absolute atomic E-state index is 8.89. The minimum absolute atomic E-state index is 0.646. The van der Waals surface area contributed by atoms with Crippen molar-refractivity contribution in [3.05, 3.63) is 84.0 Å². The molecule has 1 aliphatic carbocycles. The van der Waals surface area contributed by atoms with Crippen LogP contribution in [0.25, 0.3) is 11.1 Å². The topological polar surface area (TPSA) is 23.8 Å². The second kappa shape index (κ2) is 7.79. The summed E-state index contributed by atoms with van der Waals surface area (Å²) in [5, 5.41) is 8.89. The Balaban J connectivity index is 1.67. The average Bonchev–Trinajstić information content (AvgIpc) is 2.67. The van der Waals surface area contributed by atoms with Gasteiger partial charge in [-0.2, -0.15) is 5.26 Å². The van der Waals surface area contributed by atoms with Crippen molar-refractivity contribution in [2.45, 2.75) is 38.0 Å². The van der Waals surface area contributed by atoms with E-state index in [1.54, 1.807) is 5.57 Å². The van der Waals surface area contributed by atoms with Crippen LogP contribution in [0.5, 0.6) is 0 Å². The summed E-state index contributed by atoms with van der Waals surface area (Å²) in [7, 11) is 0. The van der Waals surface area contributed by atoms with Gasteiger partial charge in [-0.3, -0.25) is 0 Å². The lowest BCUT2D eigenvalue weighted by Crippen LogP contribution is -2.04. The normalized spacial score (nSPS) is 17.0. The lowest BCUT2D eigenvalue weighted by Gasteiger charge is -2.22. The zero-order valence-corrected chi connectivity index (χ0v) is 14.0. The highest BCUT2D eigenvalue weighted by molar-refractivity contribution is 5.64. The third-order valence-electron chi connectivity index (χ3n) is 4.90. The summed E-state index contributed by atoms with van der Waals surface area (Å²) < 4.78 is 0. The zero-order valence-electron chi connectivity index (χ0n) is 14.0. The standard InChI is InChI=1S/C23H23N/c1-2-3-4-18-5-9-20(10-6-18)22-13-15-23(16-14-22)21-11-7-19(17-24)8-12-21/h2,5,7-8,11-16,20H,1,3-4,6,9-10H2. The van der Waals surface area contributed by atoms with Gasteiger partial charge in [0.1, 0.15) is 0 Å². The number of nitrogens with zero attached hydrogens (tertiary/aromatic N) is 1. The SMILES string of the molecule is C=CCCC1=CCC(c2ccc(-c3ccc(C#N)cc3)cc2)CC1. The molecule has 2 aromatic carbocycles. The quantitative estimate of drug-likeness (QED) is 0.587. The highest BCUT2D eigenvalue weighted by Gasteiger charge is 2.16. The minimum atomic E-state index is 0.646. The second-order valence-corrected chi connectivity index (χ2v) is 6.47. The summed E-state index contributed by atoms with van der Waals surface area (Å²) in [5.41, 5.74) is 6.11. The van der Waals surface area contributed by atoms with Crippen LogP contribution >= 0.6 is 0 Å². The van der Waals surface area contributed by atoms with Gasteiger partial charge in [0, 0.05) is 0 Å². The number of benzene rings is 2. The van der Waals surface area contributed by atoms with Gasteiger partial charge in [-0.15, -0.1) is 6.58 Å². The fourth-order valence-electron chi connectivity index (χ4n) is 3.39. The van der Waals surface area contributed by atoms with Crippen molar-refractivity contribution in [1.82, 2.24) is 0 Å². The molecular weight excluding hydrogens is 290 g/mol. The Morgan fingerprint density at radius 3 is 2.25 bits per heavy atom. The summed E-state index contributed by atoms with van der Waals surface area (Å²) in [5.74, 6) is 0.646. The Labute approximate surface area is 145 Å². The summed E-state index contributed by atoms with van der Waals surface area (Å²) in [6.07, 6.45) is 10.3. The first-order valence-corrected chi connectivity index (χ1v) is 8.69. The number of rotatable bonds is 5. The number of hydrogen-bond acceptors (Lipinski definition) is 1. The predicted octanol–water partition coefficient (Wildman–Crippen LogP) is 6.39. The molecule has 0 radical (unpaired) electrons. The van der Waals surface area contributed by atoms with Crippen LogP contribution < -0.4 is 0 Å². The molecule has 2 aromatic rings. The number of allylic oxidation sites excluding steroid dienone is 3. The molecule has 0 saturated carbocycles. The highest BCUT2D eigenvalue weighted by Crippen LogP contribution is 2.34. The van der Waals surface area contributed by atoms with E-state index < -0.39 is 0 Å². The highest BCUT2D eigenvalue weighted by atomic mass is 14.2. The summed E-state index contributed by atoms with van der Waals surface area (Å²) in [4.78, 5) is 0. The van der Waals surface area contributed by atoms with Crippen LogP contribution in [0.2, 0.25) is 0 Å². The van der Waals surface area contributed by atoms with Crippen LogP contribution in [-0.2, 0) is 0 Å². The molecule has 0 saturated heterocycles. The van der Waals surface area contributed by atoms with E-state index in [0.29, 0.717) is 11.5 Å². The molecule has 0 heterocycles. The van der Waals surface area contributed by atoms with Crippen LogP contribution in [0, 0.1) is 11.3 Å². The molecular formula is C23H23N. The molecule has 1 unspecified atom stereocenters. The van der Waals surface area contributed by atoms with E-state index in [1.807, 2.05) is 30.3 Å².